The van der Waals surface area contributed by atoms with E-state index in [0.29, 0.717) is 0 Å². The van der Waals surface area contributed by atoms with Crippen LogP contribution in [0, 0.1) is 0 Å². The van der Waals surface area contributed by atoms with Crippen molar-refractivity contribution < 1.29 is 0 Å². The molecule has 1 aliphatic heterocycles. The molecule has 24 heavy (non-hydrogen) atoms. The van der Waals surface area contributed by atoms with Gasteiger partial charge in [0.25, 0.3) is 0 Å². The van der Waals surface area contributed by atoms with E-state index in [4.69, 9.17) is 0 Å². The number of unbranched alkanes of at least 4 members (excludes halogenated alkanes) is 1. The van der Waals surface area contributed by atoms with Crippen LogP contribution in [0.1, 0.15) is 25.0 Å². The van der Waals surface area contributed by atoms with E-state index in [9.17, 15) is 0 Å². The lowest BCUT2D eigenvalue weighted by atomic mass is 10.1. The molecule has 130 valence electrons. The van der Waals surface area contributed by atoms with E-state index in [0.717, 1.165) is 59.7 Å². The molecule has 0 N–H and O–H groups in total. The molecule has 0 amide bonds. The molecule has 2 aromatic heterocycles. The van der Waals surface area contributed by atoms with Crippen LogP contribution in [0.25, 0.3) is 5.57 Å². The van der Waals surface area contributed by atoms with E-state index >= 15 is 0 Å². The molecule has 0 unspecified atom stereocenters. The number of aryl methyl sites for hydroxylation is 1. The van der Waals surface area contributed by atoms with Gasteiger partial charge in [-0.25, -0.2) is 4.68 Å². The third-order valence-electron chi connectivity index (χ3n) is 3.69. The molecule has 7 nitrogen and oxygen atoms in total. The smallest absolute Gasteiger partial charge is 0.209 e. The normalized spacial score (nSPS) is 15.7. The van der Waals surface area contributed by atoms with Gasteiger partial charge in [-0.2, -0.15) is 8.75 Å². The second-order valence-electron chi connectivity index (χ2n) is 5.66. The molecule has 0 bridgehead atoms. The van der Waals surface area contributed by atoms with Crippen molar-refractivity contribution in [1.29, 1.82) is 0 Å². The summed E-state index contributed by atoms with van der Waals surface area (Å²) in [5, 5.41) is 13.4. The first-order valence-corrected chi connectivity index (χ1v) is 10.6. The second kappa shape index (κ2) is 8.93. The molecular formula is C14H21N7S3. The number of nitrogens with zero attached hydrogens (tertiary/aromatic N) is 7. The summed E-state index contributed by atoms with van der Waals surface area (Å²) in [4.78, 5) is 2.34. The summed E-state index contributed by atoms with van der Waals surface area (Å²) >= 11 is 4.85. The first-order chi connectivity index (χ1) is 11.7. The lowest BCUT2D eigenvalue weighted by Crippen LogP contribution is -2.25. The molecule has 0 saturated heterocycles. The molecule has 0 aromatic carbocycles. The number of thioether (sulfide) groups is 2. The maximum Gasteiger partial charge on any atom is 0.209 e. The average molecular weight is 384 g/mol. The number of hydrogen-bond acceptors (Lipinski definition) is 9. The molecule has 0 aliphatic carbocycles. The highest BCUT2D eigenvalue weighted by Crippen LogP contribution is 2.29. The summed E-state index contributed by atoms with van der Waals surface area (Å²) in [6, 6.07) is 0. The van der Waals surface area contributed by atoms with Gasteiger partial charge in [-0.05, 0) is 48.1 Å². The van der Waals surface area contributed by atoms with Crippen molar-refractivity contribution in [2.24, 2.45) is 7.05 Å². The van der Waals surface area contributed by atoms with E-state index < -0.39 is 0 Å². The third kappa shape index (κ3) is 4.78. The van der Waals surface area contributed by atoms with Gasteiger partial charge in [0.1, 0.15) is 10.7 Å². The Kier molecular flexibility index (Phi) is 6.64. The van der Waals surface area contributed by atoms with Gasteiger partial charge in [-0.1, -0.05) is 17.8 Å². The molecule has 0 spiro atoms. The fraction of sp³-hybridized carbons (Fsp3) is 0.643. The molecule has 10 heteroatoms. The van der Waals surface area contributed by atoms with Crippen molar-refractivity contribution in [3.05, 3.63) is 11.8 Å². The lowest BCUT2D eigenvalue weighted by molar-refractivity contribution is 0.372. The Morgan fingerprint density at radius 3 is 2.75 bits per heavy atom. The Labute approximate surface area is 154 Å². The van der Waals surface area contributed by atoms with Gasteiger partial charge in [0, 0.05) is 25.9 Å². The van der Waals surface area contributed by atoms with Gasteiger partial charge < -0.3 is 4.90 Å². The van der Waals surface area contributed by atoms with Gasteiger partial charge in [0.2, 0.25) is 5.16 Å². The summed E-state index contributed by atoms with van der Waals surface area (Å²) in [6.07, 6.45) is 5.70. The highest BCUT2D eigenvalue weighted by Gasteiger charge is 2.17. The van der Waals surface area contributed by atoms with Crippen LogP contribution >= 0.6 is 35.3 Å². The molecular weight excluding hydrogens is 362 g/mol. The van der Waals surface area contributed by atoms with Crippen molar-refractivity contribution >= 4 is 40.8 Å². The van der Waals surface area contributed by atoms with Gasteiger partial charge >= 0.3 is 0 Å². The Bertz CT molecular complexity index is 681. The molecule has 3 heterocycles. The Balaban J connectivity index is 1.40. The van der Waals surface area contributed by atoms with Crippen molar-refractivity contribution in [1.82, 2.24) is 33.9 Å². The molecule has 0 saturated carbocycles. The van der Waals surface area contributed by atoms with Crippen LogP contribution in [-0.2, 0) is 7.05 Å². The Morgan fingerprint density at radius 1 is 1.17 bits per heavy atom. The molecule has 0 atom stereocenters. The van der Waals surface area contributed by atoms with Crippen LogP contribution in [0.5, 0.6) is 0 Å². The zero-order valence-electron chi connectivity index (χ0n) is 13.9. The minimum Gasteiger partial charge on any atom is -0.302 e. The Morgan fingerprint density at radius 2 is 2.00 bits per heavy atom. The van der Waals surface area contributed by atoms with Crippen molar-refractivity contribution in [3.8, 4) is 0 Å². The second-order valence-corrected chi connectivity index (χ2v) is 8.34. The summed E-state index contributed by atoms with van der Waals surface area (Å²) in [5.74, 6) is 2.10. The molecule has 2 aromatic rings. The number of aromatic nitrogens is 6. The van der Waals surface area contributed by atoms with E-state index in [-0.39, 0.29) is 0 Å². The predicted octanol–water partition coefficient (Wildman–Crippen LogP) is 2.45. The van der Waals surface area contributed by atoms with Crippen molar-refractivity contribution in [2.75, 3.05) is 31.6 Å². The van der Waals surface area contributed by atoms with E-state index in [1.165, 1.54) is 17.3 Å². The lowest BCUT2D eigenvalue weighted by Gasteiger charge is -2.22. The average Bonchev–Trinajstić information content (AvgIpc) is 3.20. The summed E-state index contributed by atoms with van der Waals surface area (Å²) in [5.41, 5.74) is 2.42. The quantitative estimate of drug-likeness (QED) is 0.508. The fourth-order valence-electron chi connectivity index (χ4n) is 2.42. The van der Waals surface area contributed by atoms with E-state index in [1.807, 2.05) is 18.8 Å². The summed E-state index contributed by atoms with van der Waals surface area (Å²) < 4.78 is 10.7. The molecule has 3 rings (SSSR count). The first-order valence-electron chi connectivity index (χ1n) is 7.92. The van der Waals surface area contributed by atoms with Gasteiger partial charge in [0.15, 0.2) is 0 Å². The van der Waals surface area contributed by atoms with Gasteiger partial charge in [-0.15, -0.1) is 16.9 Å². The van der Waals surface area contributed by atoms with Gasteiger partial charge in [0.05, 0.1) is 11.7 Å². The molecule has 0 fully saturated rings. The fourth-order valence-corrected chi connectivity index (χ4v) is 4.98. The zero-order valence-corrected chi connectivity index (χ0v) is 16.3. The maximum absolute atomic E-state index is 4.52. The van der Waals surface area contributed by atoms with E-state index in [1.54, 1.807) is 16.4 Å². The topological polar surface area (TPSA) is 72.6 Å². The van der Waals surface area contributed by atoms with Crippen molar-refractivity contribution in [2.45, 2.75) is 29.4 Å². The van der Waals surface area contributed by atoms with Crippen LogP contribution in [-0.4, -0.2) is 65.5 Å². The molecule has 1 aliphatic rings. The Hall–Kier alpha value is -0.970. The monoisotopic (exact) mass is 383 g/mol. The maximum atomic E-state index is 4.52. The van der Waals surface area contributed by atoms with E-state index in [2.05, 4.69) is 42.3 Å². The van der Waals surface area contributed by atoms with Crippen LogP contribution < -0.4 is 0 Å². The van der Waals surface area contributed by atoms with Crippen LogP contribution in [0.3, 0.4) is 0 Å². The van der Waals surface area contributed by atoms with Crippen molar-refractivity contribution in [3.63, 3.8) is 0 Å². The van der Waals surface area contributed by atoms with Crippen LogP contribution in [0.15, 0.2) is 16.3 Å². The highest BCUT2D eigenvalue weighted by molar-refractivity contribution is 7.99. The standard InChI is InChI=1S/C14H21N7S3/c1-20-7-5-6-11(10-20)12-13(17-24-16-12)22-8-3-4-9-23-14-15-18-19-21(14)2/h6H,3-5,7-10H2,1-2H3. The number of tetrazole rings is 1. The summed E-state index contributed by atoms with van der Waals surface area (Å²) in [7, 11) is 4.02. The first kappa shape index (κ1) is 17.8. The summed E-state index contributed by atoms with van der Waals surface area (Å²) in [6.45, 7) is 2.10. The number of rotatable bonds is 8. The minimum absolute atomic E-state index is 0.877. The van der Waals surface area contributed by atoms with Gasteiger partial charge in [-0.3, -0.25) is 0 Å². The van der Waals surface area contributed by atoms with Crippen LogP contribution in [0.4, 0.5) is 0 Å². The van der Waals surface area contributed by atoms with Crippen LogP contribution in [0.2, 0.25) is 0 Å². The zero-order chi connectivity index (χ0) is 16.8. The largest absolute Gasteiger partial charge is 0.302 e. The highest BCUT2D eigenvalue weighted by atomic mass is 32.2. The minimum atomic E-state index is 0.877. The number of hydrogen-bond donors (Lipinski definition) is 0. The molecule has 0 radical (unpaired) electrons. The predicted molar refractivity (Wildman–Crippen MR) is 99.5 cm³/mol. The third-order valence-corrected chi connectivity index (χ3v) is 6.49. The SMILES string of the molecule is CN1CCC=C(c2nsnc2SCCCCSc2nnnn2C)C1. The number of likely N-dealkylation sites (N-methyl/N-ethyl adjacent to an activating group) is 1.